The van der Waals surface area contributed by atoms with Crippen LogP contribution < -0.4 is 4.72 Å². The summed E-state index contributed by atoms with van der Waals surface area (Å²) >= 11 is 3.13. The van der Waals surface area contributed by atoms with Crippen molar-refractivity contribution in [1.29, 1.82) is 0 Å². The zero-order chi connectivity index (χ0) is 13.1. The molecule has 0 radical (unpaired) electrons. The molecule has 1 aromatic carbocycles. The normalized spacial score (nSPS) is 11.2. The van der Waals surface area contributed by atoms with Crippen LogP contribution in [0.15, 0.2) is 22.7 Å². The fourth-order valence-corrected chi connectivity index (χ4v) is 2.81. The molecule has 0 atom stereocenters. The summed E-state index contributed by atoms with van der Waals surface area (Å²) in [5, 5.41) is 10.6. The van der Waals surface area contributed by atoms with Crippen molar-refractivity contribution >= 4 is 37.3 Å². The van der Waals surface area contributed by atoms with Crippen LogP contribution in [0.5, 0.6) is 0 Å². The van der Waals surface area contributed by atoms with Gasteiger partial charge in [0.25, 0.3) is 5.69 Å². The lowest BCUT2D eigenvalue weighted by Crippen LogP contribution is -2.16. The molecule has 0 unspecified atom stereocenters. The van der Waals surface area contributed by atoms with Gasteiger partial charge in [0.05, 0.1) is 16.4 Å². The summed E-state index contributed by atoms with van der Waals surface area (Å²) in [6.07, 6.45) is 0.474. The molecule has 1 rings (SSSR count). The molecule has 0 saturated carbocycles. The largest absolute Gasteiger partial charge is 0.282 e. The fraction of sp³-hybridized carbons (Fsp3) is 0.333. The molecule has 0 saturated heterocycles. The van der Waals surface area contributed by atoms with Crippen molar-refractivity contribution in [3.05, 3.63) is 32.8 Å². The van der Waals surface area contributed by atoms with Crippen molar-refractivity contribution in [3.63, 3.8) is 0 Å². The number of hydrogen-bond donors (Lipinski definition) is 1. The Balaban J connectivity index is 3.06. The van der Waals surface area contributed by atoms with Crippen molar-refractivity contribution in [2.75, 3.05) is 10.5 Å². The van der Waals surface area contributed by atoms with Gasteiger partial charge in [-0.1, -0.05) is 6.92 Å². The van der Waals surface area contributed by atoms with Gasteiger partial charge in [0, 0.05) is 16.6 Å². The van der Waals surface area contributed by atoms with E-state index >= 15 is 0 Å². The van der Waals surface area contributed by atoms with Gasteiger partial charge in [-0.3, -0.25) is 14.8 Å². The second-order valence-corrected chi connectivity index (χ2v) is 6.04. The van der Waals surface area contributed by atoms with Crippen LogP contribution >= 0.6 is 15.9 Å². The second kappa shape index (κ2) is 5.46. The first-order chi connectivity index (χ1) is 7.85. The van der Waals surface area contributed by atoms with Crippen molar-refractivity contribution in [3.8, 4) is 0 Å². The molecule has 1 N–H and O–H groups in total. The molecule has 94 valence electrons. The van der Waals surface area contributed by atoms with E-state index in [1.165, 1.54) is 18.2 Å². The summed E-state index contributed by atoms with van der Waals surface area (Å²) in [5.41, 5.74) is 0.00930. The third-order valence-electron chi connectivity index (χ3n) is 1.90. The maximum Gasteiger partial charge on any atom is 0.271 e. The maximum absolute atomic E-state index is 11.5. The van der Waals surface area contributed by atoms with Crippen molar-refractivity contribution < 1.29 is 13.3 Å². The van der Waals surface area contributed by atoms with E-state index < -0.39 is 14.9 Å². The molecule has 0 fully saturated rings. The van der Waals surface area contributed by atoms with E-state index in [2.05, 4.69) is 20.7 Å². The standard InChI is InChI=1S/C9H11BrN2O4S/c1-2-5-17(15,16)11-9-6-7(12(13)14)3-4-8(9)10/h3-4,6,11H,2,5H2,1H3. The van der Waals surface area contributed by atoms with E-state index in [1.807, 2.05) is 0 Å². The Morgan fingerprint density at radius 1 is 1.47 bits per heavy atom. The molecule has 0 aliphatic rings. The Bertz CT molecular complexity index is 530. The van der Waals surface area contributed by atoms with Crippen molar-refractivity contribution in [2.45, 2.75) is 13.3 Å². The van der Waals surface area contributed by atoms with E-state index in [4.69, 9.17) is 0 Å². The number of nitro benzene ring substituents is 1. The van der Waals surface area contributed by atoms with Gasteiger partial charge in [0.15, 0.2) is 0 Å². The number of nitrogens with zero attached hydrogens (tertiary/aromatic N) is 1. The predicted octanol–water partition coefficient (Wildman–Crippen LogP) is 2.51. The van der Waals surface area contributed by atoms with E-state index in [1.54, 1.807) is 6.92 Å². The first-order valence-electron chi connectivity index (χ1n) is 4.80. The first kappa shape index (κ1) is 13.9. The second-order valence-electron chi connectivity index (χ2n) is 3.34. The number of halogens is 1. The van der Waals surface area contributed by atoms with Crippen LogP contribution in [0.2, 0.25) is 0 Å². The molecule has 0 bridgehead atoms. The first-order valence-corrected chi connectivity index (χ1v) is 7.24. The Hall–Kier alpha value is -1.15. The summed E-state index contributed by atoms with van der Waals surface area (Å²) < 4.78 is 25.8. The monoisotopic (exact) mass is 322 g/mol. The van der Waals surface area contributed by atoms with Crippen LogP contribution in [-0.2, 0) is 10.0 Å². The summed E-state index contributed by atoms with van der Waals surface area (Å²) in [7, 11) is -3.45. The molecule has 0 aromatic heterocycles. The predicted molar refractivity (Wildman–Crippen MR) is 68.5 cm³/mol. The van der Waals surface area contributed by atoms with E-state index in [-0.39, 0.29) is 17.1 Å². The van der Waals surface area contributed by atoms with Crippen LogP contribution in [0.3, 0.4) is 0 Å². The Morgan fingerprint density at radius 2 is 2.12 bits per heavy atom. The maximum atomic E-state index is 11.5. The average molecular weight is 323 g/mol. The van der Waals surface area contributed by atoms with E-state index in [0.717, 1.165) is 0 Å². The lowest BCUT2D eigenvalue weighted by molar-refractivity contribution is -0.384. The summed E-state index contributed by atoms with van der Waals surface area (Å²) in [5.74, 6) is -0.0257. The van der Waals surface area contributed by atoms with E-state index in [9.17, 15) is 18.5 Å². The Kier molecular flexibility index (Phi) is 4.47. The minimum atomic E-state index is -3.45. The van der Waals surface area contributed by atoms with Gasteiger partial charge in [-0.15, -0.1) is 0 Å². The highest BCUT2D eigenvalue weighted by atomic mass is 79.9. The summed E-state index contributed by atoms with van der Waals surface area (Å²) in [6, 6.07) is 3.90. The smallest absolute Gasteiger partial charge is 0.271 e. The zero-order valence-electron chi connectivity index (χ0n) is 9.01. The highest BCUT2D eigenvalue weighted by molar-refractivity contribution is 9.10. The number of rotatable bonds is 5. The molecule has 0 aliphatic carbocycles. The van der Waals surface area contributed by atoms with Gasteiger partial charge < -0.3 is 0 Å². The van der Waals surface area contributed by atoms with Gasteiger partial charge in [-0.05, 0) is 28.4 Å². The van der Waals surface area contributed by atoms with Gasteiger partial charge in [-0.25, -0.2) is 8.42 Å². The average Bonchev–Trinajstić information content (AvgIpc) is 2.20. The van der Waals surface area contributed by atoms with Crippen LogP contribution in [0.4, 0.5) is 11.4 Å². The van der Waals surface area contributed by atoms with Crippen molar-refractivity contribution in [2.24, 2.45) is 0 Å². The third-order valence-corrected chi connectivity index (χ3v) is 4.07. The molecule has 8 heteroatoms. The number of nitro groups is 1. The van der Waals surface area contributed by atoms with Gasteiger partial charge in [-0.2, -0.15) is 0 Å². The Labute approximate surface area is 107 Å². The Morgan fingerprint density at radius 3 is 2.65 bits per heavy atom. The van der Waals surface area contributed by atoms with Crippen LogP contribution in [0, 0.1) is 10.1 Å². The van der Waals surface area contributed by atoms with E-state index in [0.29, 0.717) is 10.9 Å². The highest BCUT2D eigenvalue weighted by Gasteiger charge is 2.14. The van der Waals surface area contributed by atoms with Crippen molar-refractivity contribution in [1.82, 2.24) is 0 Å². The SMILES string of the molecule is CCCS(=O)(=O)Nc1cc([N+](=O)[O-])ccc1Br. The third kappa shape index (κ3) is 3.97. The number of benzene rings is 1. The topological polar surface area (TPSA) is 89.3 Å². The summed E-state index contributed by atoms with van der Waals surface area (Å²) in [4.78, 5) is 9.99. The molecule has 0 heterocycles. The van der Waals surface area contributed by atoms with Gasteiger partial charge >= 0.3 is 0 Å². The number of non-ortho nitro benzene ring substituents is 1. The molecular formula is C9H11BrN2O4S. The molecule has 17 heavy (non-hydrogen) atoms. The number of hydrogen-bond acceptors (Lipinski definition) is 4. The minimum Gasteiger partial charge on any atom is -0.282 e. The highest BCUT2D eigenvalue weighted by Crippen LogP contribution is 2.27. The number of nitrogens with one attached hydrogen (secondary N) is 1. The summed E-state index contributed by atoms with van der Waals surface area (Å²) in [6.45, 7) is 1.74. The number of anilines is 1. The quantitative estimate of drug-likeness (QED) is 0.666. The number of sulfonamides is 1. The minimum absolute atomic E-state index is 0.0257. The lowest BCUT2D eigenvalue weighted by Gasteiger charge is -2.08. The van der Waals surface area contributed by atoms with Gasteiger partial charge in [0.1, 0.15) is 0 Å². The van der Waals surface area contributed by atoms with Crippen LogP contribution in [0.25, 0.3) is 0 Å². The van der Waals surface area contributed by atoms with Gasteiger partial charge in [0.2, 0.25) is 10.0 Å². The molecule has 1 aromatic rings. The van der Waals surface area contributed by atoms with Crippen LogP contribution in [-0.4, -0.2) is 19.1 Å². The fourth-order valence-electron chi connectivity index (χ4n) is 1.19. The zero-order valence-corrected chi connectivity index (χ0v) is 11.4. The molecule has 0 aliphatic heterocycles. The lowest BCUT2D eigenvalue weighted by atomic mass is 10.3. The molecule has 6 nitrogen and oxygen atoms in total. The molecule has 0 spiro atoms. The van der Waals surface area contributed by atoms with Crippen LogP contribution in [0.1, 0.15) is 13.3 Å². The molecule has 0 amide bonds. The molecular weight excluding hydrogens is 312 g/mol.